The number of para-hydroxylation sites is 2. The van der Waals surface area contributed by atoms with Crippen LogP contribution >= 0.6 is 0 Å². The molecule has 0 saturated carbocycles. The van der Waals surface area contributed by atoms with Gasteiger partial charge in [0.1, 0.15) is 5.82 Å². The molecule has 0 unspecified atom stereocenters. The van der Waals surface area contributed by atoms with Gasteiger partial charge in [-0.1, -0.05) is 18.2 Å². The number of methoxy groups -OCH3 is 2. The zero-order chi connectivity index (χ0) is 17.3. The third-order valence-electron chi connectivity index (χ3n) is 3.89. The van der Waals surface area contributed by atoms with E-state index in [2.05, 4.69) is 4.98 Å². The number of carbonyl (C=O) groups is 1. The van der Waals surface area contributed by atoms with Crippen LogP contribution in [0.3, 0.4) is 0 Å². The van der Waals surface area contributed by atoms with E-state index >= 15 is 0 Å². The lowest BCUT2D eigenvalue weighted by molar-refractivity contribution is -0.136. The zero-order valence-corrected chi connectivity index (χ0v) is 13.2. The normalized spacial score (nSPS) is 10.8. The number of aromatic nitrogens is 1. The first-order valence-corrected chi connectivity index (χ1v) is 7.29. The van der Waals surface area contributed by atoms with Crippen LogP contribution < -0.4 is 9.47 Å². The lowest BCUT2D eigenvalue weighted by Gasteiger charge is -2.12. The second kappa shape index (κ2) is 6.23. The lowest BCUT2D eigenvalue weighted by atomic mass is 10.0. The van der Waals surface area contributed by atoms with E-state index in [1.807, 2.05) is 0 Å². The summed E-state index contributed by atoms with van der Waals surface area (Å²) in [5.74, 6) is -0.468. The molecule has 3 rings (SSSR count). The average molecular weight is 329 g/mol. The summed E-state index contributed by atoms with van der Waals surface area (Å²) in [4.78, 5) is 14.3. The molecular weight excluding hydrogens is 313 g/mol. The first kappa shape index (κ1) is 15.9. The summed E-state index contributed by atoms with van der Waals surface area (Å²) in [5.41, 5.74) is 1.90. The van der Waals surface area contributed by atoms with Crippen LogP contribution in [0.5, 0.6) is 11.5 Å². The minimum atomic E-state index is -0.997. The summed E-state index contributed by atoms with van der Waals surface area (Å²) < 4.78 is 24.8. The molecule has 0 aliphatic rings. The predicted octanol–water partition coefficient (Wildman–Crippen LogP) is 3.62. The standard InChI is InChI=1S/C18H16FNO4/c1-23-14-8-4-6-11(18(14)24-2)16-12(9-15(21)22)10-5-3-7-13(19)17(10)20-16/h3-8,20H,9H2,1-2H3,(H,21,22). The van der Waals surface area contributed by atoms with Crippen molar-refractivity contribution in [3.8, 4) is 22.8 Å². The molecule has 1 heterocycles. The number of hydrogen-bond donors (Lipinski definition) is 2. The van der Waals surface area contributed by atoms with Crippen LogP contribution in [-0.2, 0) is 11.2 Å². The second-order valence-corrected chi connectivity index (χ2v) is 5.25. The van der Waals surface area contributed by atoms with E-state index in [0.29, 0.717) is 33.7 Å². The highest BCUT2D eigenvalue weighted by atomic mass is 19.1. The van der Waals surface area contributed by atoms with Gasteiger partial charge in [-0.3, -0.25) is 4.79 Å². The van der Waals surface area contributed by atoms with E-state index in [0.717, 1.165) is 0 Å². The number of H-pyrrole nitrogens is 1. The van der Waals surface area contributed by atoms with Gasteiger partial charge in [0, 0.05) is 10.9 Å². The molecule has 0 aliphatic carbocycles. The van der Waals surface area contributed by atoms with Gasteiger partial charge in [-0.2, -0.15) is 0 Å². The lowest BCUT2D eigenvalue weighted by Crippen LogP contribution is -2.02. The molecular formula is C18H16FNO4. The summed E-state index contributed by atoms with van der Waals surface area (Å²) >= 11 is 0. The Morgan fingerprint density at radius 2 is 1.92 bits per heavy atom. The van der Waals surface area contributed by atoms with Crippen LogP contribution in [0.25, 0.3) is 22.2 Å². The average Bonchev–Trinajstić information content (AvgIpc) is 2.93. The molecule has 0 aliphatic heterocycles. The SMILES string of the molecule is COc1cccc(-c2[nH]c3c(F)cccc3c2CC(=O)O)c1OC. The van der Waals surface area contributed by atoms with Crippen molar-refractivity contribution in [3.63, 3.8) is 0 Å². The Morgan fingerprint density at radius 3 is 2.58 bits per heavy atom. The molecule has 0 fully saturated rings. The molecule has 0 radical (unpaired) electrons. The van der Waals surface area contributed by atoms with E-state index in [-0.39, 0.29) is 11.9 Å². The van der Waals surface area contributed by atoms with E-state index in [9.17, 15) is 14.3 Å². The van der Waals surface area contributed by atoms with Crippen LogP contribution in [0.1, 0.15) is 5.56 Å². The smallest absolute Gasteiger partial charge is 0.307 e. The van der Waals surface area contributed by atoms with Crippen molar-refractivity contribution < 1.29 is 23.8 Å². The topological polar surface area (TPSA) is 71.6 Å². The maximum absolute atomic E-state index is 14.1. The molecule has 0 bridgehead atoms. The van der Waals surface area contributed by atoms with Crippen molar-refractivity contribution in [1.29, 1.82) is 0 Å². The molecule has 0 atom stereocenters. The van der Waals surface area contributed by atoms with E-state index in [1.54, 1.807) is 30.3 Å². The summed E-state index contributed by atoms with van der Waals surface area (Å²) in [6, 6.07) is 9.86. The number of halogens is 1. The summed E-state index contributed by atoms with van der Waals surface area (Å²) in [5, 5.41) is 9.79. The molecule has 0 saturated heterocycles. The third kappa shape index (κ3) is 2.56. The number of carboxylic acid groups (broad SMARTS) is 1. The molecule has 3 aromatic rings. The fourth-order valence-corrected chi connectivity index (χ4v) is 2.89. The van der Waals surface area contributed by atoms with E-state index in [4.69, 9.17) is 9.47 Å². The summed E-state index contributed by atoms with van der Waals surface area (Å²) in [6.45, 7) is 0. The Balaban J connectivity index is 2.34. The van der Waals surface area contributed by atoms with Gasteiger partial charge in [-0.15, -0.1) is 0 Å². The number of benzene rings is 2. The quantitative estimate of drug-likeness (QED) is 0.750. The van der Waals surface area contributed by atoms with Crippen molar-refractivity contribution in [2.45, 2.75) is 6.42 Å². The minimum absolute atomic E-state index is 0.237. The third-order valence-corrected chi connectivity index (χ3v) is 3.89. The molecule has 24 heavy (non-hydrogen) atoms. The van der Waals surface area contributed by atoms with E-state index < -0.39 is 11.8 Å². The fraction of sp³-hybridized carbons (Fsp3) is 0.167. The van der Waals surface area contributed by atoms with Crippen molar-refractivity contribution in [3.05, 3.63) is 47.8 Å². The van der Waals surface area contributed by atoms with Crippen molar-refractivity contribution in [2.75, 3.05) is 14.2 Å². The van der Waals surface area contributed by atoms with Gasteiger partial charge in [-0.05, 0) is 23.8 Å². The van der Waals surface area contributed by atoms with Gasteiger partial charge in [0.05, 0.1) is 31.9 Å². The molecule has 124 valence electrons. The van der Waals surface area contributed by atoms with Gasteiger partial charge in [0.15, 0.2) is 11.5 Å². The van der Waals surface area contributed by atoms with Gasteiger partial charge in [0.25, 0.3) is 0 Å². The zero-order valence-electron chi connectivity index (χ0n) is 13.2. The van der Waals surface area contributed by atoms with Gasteiger partial charge in [-0.25, -0.2) is 4.39 Å². The Bertz CT molecular complexity index is 917. The predicted molar refractivity (Wildman–Crippen MR) is 88.1 cm³/mol. The highest BCUT2D eigenvalue weighted by Gasteiger charge is 2.21. The minimum Gasteiger partial charge on any atom is -0.493 e. The number of carboxylic acids is 1. The number of fused-ring (bicyclic) bond motifs is 1. The summed E-state index contributed by atoms with van der Waals surface area (Å²) in [7, 11) is 3.02. The largest absolute Gasteiger partial charge is 0.493 e. The van der Waals surface area contributed by atoms with Crippen molar-refractivity contribution in [1.82, 2.24) is 4.98 Å². The highest BCUT2D eigenvalue weighted by Crippen LogP contribution is 2.41. The highest BCUT2D eigenvalue weighted by molar-refractivity contribution is 5.95. The van der Waals surface area contributed by atoms with Gasteiger partial charge < -0.3 is 19.6 Å². The van der Waals surface area contributed by atoms with Crippen LogP contribution in [0, 0.1) is 5.82 Å². The number of aliphatic carboxylic acids is 1. The number of rotatable bonds is 5. The fourth-order valence-electron chi connectivity index (χ4n) is 2.89. The van der Waals surface area contributed by atoms with E-state index in [1.165, 1.54) is 20.3 Å². The first-order valence-electron chi connectivity index (χ1n) is 7.29. The molecule has 1 aromatic heterocycles. The van der Waals surface area contributed by atoms with Crippen LogP contribution in [-0.4, -0.2) is 30.3 Å². The Kier molecular flexibility index (Phi) is 4.12. The monoisotopic (exact) mass is 329 g/mol. The van der Waals surface area contributed by atoms with Crippen molar-refractivity contribution in [2.24, 2.45) is 0 Å². The number of nitrogens with one attached hydrogen (secondary N) is 1. The number of ether oxygens (including phenoxy) is 2. The number of hydrogen-bond acceptors (Lipinski definition) is 3. The van der Waals surface area contributed by atoms with Crippen LogP contribution in [0.2, 0.25) is 0 Å². The van der Waals surface area contributed by atoms with Gasteiger partial charge >= 0.3 is 5.97 Å². The molecule has 0 amide bonds. The number of aromatic amines is 1. The molecule has 0 spiro atoms. The summed E-state index contributed by atoms with van der Waals surface area (Å²) in [6.07, 6.45) is -0.237. The Labute approximate surface area is 137 Å². The van der Waals surface area contributed by atoms with Crippen LogP contribution in [0.15, 0.2) is 36.4 Å². The maximum Gasteiger partial charge on any atom is 0.307 e. The molecule has 5 nitrogen and oxygen atoms in total. The second-order valence-electron chi connectivity index (χ2n) is 5.25. The van der Waals surface area contributed by atoms with Crippen molar-refractivity contribution >= 4 is 16.9 Å². The molecule has 2 N–H and O–H groups in total. The molecule has 2 aromatic carbocycles. The van der Waals surface area contributed by atoms with Crippen LogP contribution in [0.4, 0.5) is 4.39 Å². The Hall–Kier alpha value is -3.02. The maximum atomic E-state index is 14.1. The Morgan fingerprint density at radius 1 is 1.17 bits per heavy atom. The van der Waals surface area contributed by atoms with Gasteiger partial charge in [0.2, 0.25) is 0 Å². The molecule has 6 heteroatoms. The first-order chi connectivity index (χ1) is 11.6.